The molecule has 3 rings (SSSR count). The van der Waals surface area contributed by atoms with Gasteiger partial charge in [-0.15, -0.1) is 10.2 Å². The fourth-order valence-electron chi connectivity index (χ4n) is 2.40. The molecular formula is C19H15ClF3N3O3S. The van der Waals surface area contributed by atoms with Crippen LogP contribution in [0, 0.1) is 0 Å². The maximum Gasteiger partial charge on any atom is 0.416 e. The molecule has 0 aliphatic heterocycles. The van der Waals surface area contributed by atoms with Gasteiger partial charge in [0.25, 0.3) is 5.22 Å². The maximum atomic E-state index is 12.8. The van der Waals surface area contributed by atoms with E-state index < -0.39 is 17.6 Å². The number of ether oxygens (including phenoxy) is 1. The highest BCUT2D eigenvalue weighted by Crippen LogP contribution is 2.34. The van der Waals surface area contributed by atoms with Crippen LogP contribution in [0.4, 0.5) is 18.9 Å². The molecule has 0 saturated heterocycles. The zero-order chi connectivity index (χ0) is 21.7. The van der Waals surface area contributed by atoms with E-state index in [9.17, 15) is 18.0 Å². The Bertz CT molecular complexity index is 1030. The van der Waals surface area contributed by atoms with Crippen LogP contribution in [0.25, 0.3) is 0 Å². The highest BCUT2D eigenvalue weighted by Gasteiger charge is 2.31. The van der Waals surface area contributed by atoms with Gasteiger partial charge in [0.15, 0.2) is 0 Å². The number of anilines is 1. The monoisotopic (exact) mass is 457 g/mol. The molecule has 0 bridgehead atoms. The Kier molecular flexibility index (Phi) is 6.88. The summed E-state index contributed by atoms with van der Waals surface area (Å²) in [6.07, 6.45) is -4.13. The van der Waals surface area contributed by atoms with E-state index in [4.69, 9.17) is 20.8 Å². The summed E-state index contributed by atoms with van der Waals surface area (Å²) in [6.45, 7) is 0. The third-order valence-electron chi connectivity index (χ3n) is 3.86. The average molecular weight is 458 g/mol. The first kappa shape index (κ1) is 22.0. The fourth-order valence-corrected chi connectivity index (χ4v) is 3.14. The summed E-state index contributed by atoms with van der Waals surface area (Å²) in [7, 11) is 1.58. The quantitative estimate of drug-likeness (QED) is 0.499. The summed E-state index contributed by atoms with van der Waals surface area (Å²) < 4.78 is 49.0. The number of carbonyl (C=O) groups excluding carboxylic acids is 1. The van der Waals surface area contributed by atoms with E-state index in [0.29, 0.717) is 12.3 Å². The van der Waals surface area contributed by atoms with Crippen molar-refractivity contribution in [3.05, 3.63) is 64.5 Å². The summed E-state index contributed by atoms with van der Waals surface area (Å²) in [4.78, 5) is 12.1. The second kappa shape index (κ2) is 9.40. The van der Waals surface area contributed by atoms with Crippen LogP contribution in [0.5, 0.6) is 5.75 Å². The molecule has 0 aliphatic carbocycles. The number of nitrogens with zero attached hydrogens (tertiary/aromatic N) is 2. The highest BCUT2D eigenvalue weighted by molar-refractivity contribution is 7.99. The van der Waals surface area contributed by atoms with Gasteiger partial charge in [-0.2, -0.15) is 13.2 Å². The van der Waals surface area contributed by atoms with Gasteiger partial charge in [0, 0.05) is 0 Å². The number of benzene rings is 2. The number of hydrogen-bond donors (Lipinski definition) is 1. The first-order valence-corrected chi connectivity index (χ1v) is 9.85. The van der Waals surface area contributed by atoms with Crippen LogP contribution in [0.3, 0.4) is 0 Å². The molecule has 30 heavy (non-hydrogen) atoms. The van der Waals surface area contributed by atoms with Crippen molar-refractivity contribution in [2.24, 2.45) is 0 Å². The predicted molar refractivity (Wildman–Crippen MR) is 106 cm³/mol. The molecule has 0 unspecified atom stereocenters. The minimum atomic E-state index is -4.54. The molecule has 2 aromatic carbocycles. The van der Waals surface area contributed by atoms with Gasteiger partial charge in [0.05, 0.1) is 35.6 Å². The summed E-state index contributed by atoms with van der Waals surface area (Å²) in [5, 5.41) is 10.3. The number of thioether (sulfide) groups is 1. The van der Waals surface area contributed by atoms with Gasteiger partial charge < -0.3 is 14.5 Å². The third kappa shape index (κ3) is 5.90. The first-order valence-electron chi connectivity index (χ1n) is 8.49. The number of methoxy groups -OCH3 is 1. The number of alkyl halides is 3. The Morgan fingerprint density at radius 2 is 1.93 bits per heavy atom. The normalized spacial score (nSPS) is 11.4. The number of aromatic nitrogens is 2. The van der Waals surface area contributed by atoms with Crippen molar-refractivity contribution in [2.75, 3.05) is 18.2 Å². The lowest BCUT2D eigenvalue weighted by atomic mass is 10.1. The number of halogens is 4. The second-order valence-corrected chi connectivity index (χ2v) is 7.35. The van der Waals surface area contributed by atoms with Crippen LogP contribution in [0.1, 0.15) is 17.0 Å². The second-order valence-electron chi connectivity index (χ2n) is 6.02. The molecule has 3 aromatic rings. The van der Waals surface area contributed by atoms with Crippen molar-refractivity contribution in [3.8, 4) is 5.75 Å². The Hall–Kier alpha value is -2.72. The summed E-state index contributed by atoms with van der Waals surface area (Å²) in [5.41, 5.74) is -0.0920. The minimum Gasteiger partial charge on any atom is -0.497 e. The van der Waals surface area contributed by atoms with Crippen LogP contribution < -0.4 is 10.1 Å². The topological polar surface area (TPSA) is 77.2 Å². The van der Waals surface area contributed by atoms with Gasteiger partial charge in [-0.05, 0) is 35.9 Å². The van der Waals surface area contributed by atoms with Gasteiger partial charge in [0.2, 0.25) is 11.8 Å². The molecule has 0 radical (unpaired) electrons. The molecule has 0 saturated carbocycles. The van der Waals surface area contributed by atoms with Gasteiger partial charge in [-0.3, -0.25) is 4.79 Å². The molecule has 11 heteroatoms. The van der Waals surface area contributed by atoms with E-state index >= 15 is 0 Å². The van der Waals surface area contributed by atoms with E-state index in [1.807, 2.05) is 24.3 Å². The Morgan fingerprint density at radius 1 is 1.20 bits per heavy atom. The molecule has 0 aliphatic rings. The number of nitrogens with one attached hydrogen (secondary N) is 1. The van der Waals surface area contributed by atoms with Crippen molar-refractivity contribution >= 4 is 35.0 Å². The third-order valence-corrected chi connectivity index (χ3v) is 5.01. The molecule has 1 aromatic heterocycles. The van der Waals surface area contributed by atoms with E-state index in [1.54, 1.807) is 7.11 Å². The summed E-state index contributed by atoms with van der Waals surface area (Å²) >= 11 is 6.83. The SMILES string of the molecule is COc1ccc(Cc2nnc(SCC(=O)Nc3cc(C(F)(F)F)ccc3Cl)o2)cc1. The largest absolute Gasteiger partial charge is 0.497 e. The van der Waals surface area contributed by atoms with Gasteiger partial charge >= 0.3 is 6.18 Å². The first-order chi connectivity index (χ1) is 14.2. The molecule has 1 N–H and O–H groups in total. The number of amides is 1. The number of rotatable bonds is 7. The molecule has 0 fully saturated rings. The number of hydrogen-bond acceptors (Lipinski definition) is 6. The van der Waals surface area contributed by atoms with Crippen molar-refractivity contribution in [3.63, 3.8) is 0 Å². The average Bonchev–Trinajstić information content (AvgIpc) is 3.15. The van der Waals surface area contributed by atoms with E-state index in [1.165, 1.54) is 0 Å². The minimum absolute atomic E-state index is 0.000850. The van der Waals surface area contributed by atoms with Crippen molar-refractivity contribution in [1.29, 1.82) is 0 Å². The van der Waals surface area contributed by atoms with E-state index in [2.05, 4.69) is 15.5 Å². The maximum absolute atomic E-state index is 12.8. The van der Waals surface area contributed by atoms with Gasteiger partial charge in [0.1, 0.15) is 5.75 Å². The Labute approximate surface area is 178 Å². The summed E-state index contributed by atoms with van der Waals surface area (Å²) in [5.74, 6) is 0.393. The molecule has 1 heterocycles. The van der Waals surface area contributed by atoms with Crippen LogP contribution in [-0.2, 0) is 17.4 Å². The van der Waals surface area contributed by atoms with E-state index in [-0.39, 0.29) is 21.7 Å². The van der Waals surface area contributed by atoms with Crippen molar-refractivity contribution < 1.29 is 27.1 Å². The van der Waals surface area contributed by atoms with E-state index in [0.717, 1.165) is 41.3 Å². The van der Waals surface area contributed by atoms with Crippen LogP contribution in [0.15, 0.2) is 52.1 Å². The molecule has 6 nitrogen and oxygen atoms in total. The predicted octanol–water partition coefficient (Wildman–Crippen LogP) is 5.07. The zero-order valence-corrected chi connectivity index (χ0v) is 17.1. The lowest BCUT2D eigenvalue weighted by Crippen LogP contribution is -2.15. The Morgan fingerprint density at radius 3 is 2.60 bits per heavy atom. The van der Waals surface area contributed by atoms with Crippen LogP contribution >= 0.6 is 23.4 Å². The van der Waals surface area contributed by atoms with Crippen molar-refractivity contribution in [2.45, 2.75) is 17.8 Å². The molecular weight excluding hydrogens is 443 g/mol. The van der Waals surface area contributed by atoms with Gasteiger partial charge in [-0.25, -0.2) is 0 Å². The Balaban J connectivity index is 1.55. The lowest BCUT2D eigenvalue weighted by Gasteiger charge is -2.11. The zero-order valence-electron chi connectivity index (χ0n) is 15.5. The summed E-state index contributed by atoms with van der Waals surface area (Å²) in [6, 6.07) is 10.1. The van der Waals surface area contributed by atoms with Crippen molar-refractivity contribution in [1.82, 2.24) is 10.2 Å². The molecule has 0 atom stereocenters. The van der Waals surface area contributed by atoms with Crippen LogP contribution in [-0.4, -0.2) is 29.0 Å². The standard InChI is InChI=1S/C19H15ClF3N3O3S/c1-28-13-5-2-11(3-6-13)8-17-25-26-18(29-17)30-10-16(27)24-15-9-12(19(21,22)23)4-7-14(15)20/h2-7,9H,8,10H2,1H3,(H,24,27). The molecule has 0 spiro atoms. The highest BCUT2D eigenvalue weighted by atomic mass is 35.5. The lowest BCUT2D eigenvalue weighted by molar-refractivity contribution is -0.137. The number of carbonyl (C=O) groups is 1. The van der Waals surface area contributed by atoms with Gasteiger partial charge in [-0.1, -0.05) is 35.5 Å². The smallest absolute Gasteiger partial charge is 0.416 e. The molecule has 1 amide bonds. The van der Waals surface area contributed by atoms with Crippen LogP contribution in [0.2, 0.25) is 5.02 Å². The molecule has 158 valence electrons. The fraction of sp³-hybridized carbons (Fsp3) is 0.211.